The van der Waals surface area contributed by atoms with Gasteiger partial charge in [0.15, 0.2) is 11.6 Å². The van der Waals surface area contributed by atoms with Crippen molar-refractivity contribution in [2.45, 2.75) is 83.5 Å². The van der Waals surface area contributed by atoms with Gasteiger partial charge >= 0.3 is 5.97 Å². The summed E-state index contributed by atoms with van der Waals surface area (Å²) in [4.78, 5) is 32.4. The van der Waals surface area contributed by atoms with Crippen LogP contribution >= 0.6 is 23.5 Å². The highest BCUT2D eigenvalue weighted by molar-refractivity contribution is 7.98. The van der Waals surface area contributed by atoms with Crippen LogP contribution in [-0.4, -0.2) is 47.9 Å². The number of rotatable bonds is 4. The van der Waals surface area contributed by atoms with Crippen LogP contribution in [0.4, 0.5) is 10.2 Å². The number of pyridine rings is 1. The Morgan fingerprint density at radius 2 is 2.05 bits per heavy atom. The van der Waals surface area contributed by atoms with Crippen LogP contribution in [0.5, 0.6) is 5.75 Å². The monoisotopic (exact) mass is 629 g/mol. The summed E-state index contributed by atoms with van der Waals surface area (Å²) in [6, 6.07) is 7.04. The van der Waals surface area contributed by atoms with Crippen molar-refractivity contribution >= 4 is 41.2 Å². The molecule has 2 aliphatic heterocycles. The van der Waals surface area contributed by atoms with Crippen LogP contribution in [0, 0.1) is 17.7 Å². The zero-order chi connectivity index (χ0) is 30.7. The third kappa shape index (κ3) is 7.14. The van der Waals surface area contributed by atoms with Crippen molar-refractivity contribution in [2.24, 2.45) is 11.8 Å². The molecule has 232 valence electrons. The SMILES string of the molecule is CCCc1c(C2COc3ccc4nc3N(C2)C[C@@H]2CCC2C(OC(C)=O)/C(C)=C/CCC(C)SNC4=O)ccc(Cl)c1F. The minimum atomic E-state index is -0.370. The van der Waals surface area contributed by atoms with E-state index in [2.05, 4.69) is 29.5 Å². The summed E-state index contributed by atoms with van der Waals surface area (Å²) in [5, 5.41) is 0.305. The first-order valence-corrected chi connectivity index (χ1v) is 16.6. The van der Waals surface area contributed by atoms with Crippen molar-refractivity contribution in [3.8, 4) is 5.75 Å². The number of halogens is 2. The second-order valence-corrected chi connectivity index (χ2v) is 13.7. The molecule has 1 N–H and O–H groups in total. The van der Waals surface area contributed by atoms with Gasteiger partial charge in [0.2, 0.25) is 0 Å². The number of nitrogens with zero attached hydrogens (tertiary/aromatic N) is 2. The zero-order valence-corrected chi connectivity index (χ0v) is 26.9. The molecule has 1 saturated carbocycles. The Morgan fingerprint density at radius 1 is 1.23 bits per heavy atom. The lowest BCUT2D eigenvalue weighted by molar-refractivity contribution is -0.150. The number of ether oxygens (including phenoxy) is 2. The number of allylic oxidation sites excluding steroid dienone is 1. The molecule has 3 aliphatic rings. The van der Waals surface area contributed by atoms with E-state index in [-0.39, 0.29) is 51.8 Å². The zero-order valence-electron chi connectivity index (χ0n) is 25.3. The highest BCUT2D eigenvalue weighted by atomic mass is 35.5. The largest absolute Gasteiger partial charge is 0.489 e. The van der Waals surface area contributed by atoms with Gasteiger partial charge in [-0.15, -0.1) is 0 Å². The number of carbonyl (C=O) groups excluding carboxylic acids is 2. The van der Waals surface area contributed by atoms with E-state index in [4.69, 9.17) is 26.1 Å². The molecule has 0 spiro atoms. The molecule has 1 aromatic heterocycles. The third-order valence-corrected chi connectivity index (χ3v) is 10.1. The number of nitrogens with one attached hydrogen (secondary N) is 1. The molecule has 1 aromatic carbocycles. The van der Waals surface area contributed by atoms with Gasteiger partial charge in [0.1, 0.15) is 17.6 Å². The average Bonchev–Trinajstić information content (AvgIpc) is 3.14. The van der Waals surface area contributed by atoms with Gasteiger partial charge in [0.25, 0.3) is 5.91 Å². The minimum absolute atomic E-state index is 0.122. The molecule has 5 atom stereocenters. The normalized spacial score (nSPS) is 27.4. The Balaban J connectivity index is 1.54. The van der Waals surface area contributed by atoms with Gasteiger partial charge in [0, 0.05) is 37.1 Å². The van der Waals surface area contributed by atoms with E-state index in [1.54, 1.807) is 12.1 Å². The van der Waals surface area contributed by atoms with Crippen LogP contribution < -0.4 is 14.4 Å². The molecule has 0 saturated heterocycles. The molecule has 2 aromatic rings. The van der Waals surface area contributed by atoms with Crippen molar-refractivity contribution in [1.82, 2.24) is 9.71 Å². The summed E-state index contributed by atoms with van der Waals surface area (Å²) in [7, 11) is 0. The molecule has 7 nitrogen and oxygen atoms in total. The van der Waals surface area contributed by atoms with Gasteiger partial charge in [-0.25, -0.2) is 9.37 Å². The fourth-order valence-corrected chi connectivity index (χ4v) is 7.31. The van der Waals surface area contributed by atoms with Gasteiger partial charge < -0.3 is 14.4 Å². The van der Waals surface area contributed by atoms with Crippen LogP contribution in [0.1, 0.15) is 87.3 Å². The number of fused-ring (bicyclic) bond motifs is 2. The van der Waals surface area contributed by atoms with E-state index in [0.29, 0.717) is 48.9 Å². The van der Waals surface area contributed by atoms with Crippen molar-refractivity contribution in [3.05, 3.63) is 63.6 Å². The van der Waals surface area contributed by atoms with E-state index in [0.717, 1.165) is 43.2 Å². The molecule has 5 rings (SSSR count). The Kier molecular flexibility index (Phi) is 10.2. The van der Waals surface area contributed by atoms with Crippen LogP contribution in [0.2, 0.25) is 5.02 Å². The second kappa shape index (κ2) is 13.9. The average molecular weight is 630 g/mol. The smallest absolute Gasteiger partial charge is 0.303 e. The molecule has 43 heavy (non-hydrogen) atoms. The summed E-state index contributed by atoms with van der Waals surface area (Å²) in [6.07, 6.45) is 6.88. The molecular weight excluding hydrogens is 589 g/mol. The van der Waals surface area contributed by atoms with Crippen LogP contribution in [-0.2, 0) is 16.0 Å². The molecule has 10 heteroatoms. The van der Waals surface area contributed by atoms with Gasteiger partial charge in [-0.1, -0.05) is 44.0 Å². The number of anilines is 1. The summed E-state index contributed by atoms with van der Waals surface area (Å²) < 4.78 is 30.5. The highest BCUT2D eigenvalue weighted by Crippen LogP contribution is 2.44. The maximum absolute atomic E-state index is 15.3. The number of benzene rings is 1. The van der Waals surface area contributed by atoms with Crippen molar-refractivity contribution in [3.63, 3.8) is 0 Å². The molecule has 1 amide bonds. The lowest BCUT2D eigenvalue weighted by atomic mass is 9.68. The van der Waals surface area contributed by atoms with E-state index >= 15 is 4.39 Å². The summed E-state index contributed by atoms with van der Waals surface area (Å²) in [5.74, 6) is 0.554. The van der Waals surface area contributed by atoms with Gasteiger partial charge in [-0.2, -0.15) is 0 Å². The summed E-state index contributed by atoms with van der Waals surface area (Å²) in [5.41, 5.74) is 2.89. The number of aromatic nitrogens is 1. The topological polar surface area (TPSA) is 80.8 Å². The summed E-state index contributed by atoms with van der Waals surface area (Å²) in [6.45, 7) is 9.14. The maximum Gasteiger partial charge on any atom is 0.303 e. The lowest BCUT2D eigenvalue weighted by Gasteiger charge is -2.44. The third-order valence-electron chi connectivity index (χ3n) is 8.88. The highest BCUT2D eigenvalue weighted by Gasteiger charge is 2.42. The van der Waals surface area contributed by atoms with E-state index in [1.807, 2.05) is 19.1 Å². The van der Waals surface area contributed by atoms with Crippen molar-refractivity contribution < 1.29 is 23.5 Å². The quantitative estimate of drug-likeness (QED) is 0.216. The maximum atomic E-state index is 15.3. The first kappa shape index (κ1) is 31.6. The molecule has 3 heterocycles. The lowest BCUT2D eigenvalue weighted by Crippen LogP contribution is -2.46. The van der Waals surface area contributed by atoms with Crippen LogP contribution in [0.3, 0.4) is 0 Å². The Morgan fingerprint density at radius 3 is 2.77 bits per heavy atom. The Labute approximate surface area is 263 Å². The second-order valence-electron chi connectivity index (χ2n) is 12.0. The standard InChI is InChI=1S/C33H41ClFN3O4S/c1-5-7-26-24(12-13-27(34)30(26)35)23-17-38-16-22-10-11-25(22)31(42-21(4)39)19(2)8-6-9-20(3)43-37-33(40)28-14-15-29(41-18-23)32(38)36-28/h8,12-15,20,22-23,25,31H,5-7,9-11,16-18H2,1-4H3,(H,37,40)/b19-8+/t20?,22-,23?,25?,31?/m0/s1. The predicted molar refractivity (Wildman–Crippen MR) is 169 cm³/mol. The molecular formula is C33H41ClFN3O4S. The molecule has 0 radical (unpaired) electrons. The van der Waals surface area contributed by atoms with E-state index in [1.165, 1.54) is 18.9 Å². The van der Waals surface area contributed by atoms with Crippen molar-refractivity contribution in [2.75, 3.05) is 24.6 Å². The van der Waals surface area contributed by atoms with Crippen LogP contribution in [0.25, 0.3) is 0 Å². The minimum Gasteiger partial charge on any atom is -0.489 e. The number of amides is 1. The number of hydrogen-bond donors (Lipinski definition) is 1. The fraction of sp³-hybridized carbons (Fsp3) is 0.545. The molecule has 2 bridgehead atoms. The molecule has 1 aliphatic carbocycles. The Hall–Kier alpha value is -2.78. The number of carbonyl (C=O) groups is 2. The predicted octanol–water partition coefficient (Wildman–Crippen LogP) is 7.27. The van der Waals surface area contributed by atoms with Crippen molar-refractivity contribution in [1.29, 1.82) is 0 Å². The Bertz CT molecular complexity index is 1390. The van der Waals surface area contributed by atoms with E-state index < -0.39 is 0 Å². The number of esters is 1. The molecule has 4 unspecified atom stereocenters. The van der Waals surface area contributed by atoms with E-state index in [9.17, 15) is 9.59 Å². The first-order valence-electron chi connectivity index (χ1n) is 15.3. The van der Waals surface area contributed by atoms with Crippen LogP contribution in [0.15, 0.2) is 35.9 Å². The fourth-order valence-electron chi connectivity index (χ4n) is 6.47. The van der Waals surface area contributed by atoms with Gasteiger partial charge in [0.05, 0.1) is 11.6 Å². The molecule has 1 fully saturated rings. The first-order chi connectivity index (χ1) is 20.7. The van der Waals surface area contributed by atoms with Gasteiger partial charge in [-0.3, -0.25) is 14.3 Å². The van der Waals surface area contributed by atoms with Gasteiger partial charge in [-0.05, 0) is 91.8 Å². The number of hydrogen-bond acceptors (Lipinski definition) is 7. The summed E-state index contributed by atoms with van der Waals surface area (Å²) >= 11 is 7.58.